The molecule has 0 aromatic rings. The van der Waals surface area contributed by atoms with Crippen LogP contribution in [0.15, 0.2) is 0 Å². The highest BCUT2D eigenvalue weighted by atomic mass is 16.6. The van der Waals surface area contributed by atoms with Gasteiger partial charge in [-0.2, -0.15) is 0 Å². The molecule has 0 fully saturated rings. The van der Waals surface area contributed by atoms with Crippen molar-refractivity contribution < 1.29 is 52.2 Å². The van der Waals surface area contributed by atoms with Gasteiger partial charge in [0.25, 0.3) is 0 Å². The molecular weight excluding hydrogens is 572 g/mol. The largest absolute Gasteiger partial charge is 0.463 e. The summed E-state index contributed by atoms with van der Waals surface area (Å²) < 4.78 is 54.4. The summed E-state index contributed by atoms with van der Waals surface area (Å²) in [5.41, 5.74) is 0. The minimum absolute atomic E-state index is 0.140. The van der Waals surface area contributed by atoms with Gasteiger partial charge < -0.3 is 47.4 Å². The van der Waals surface area contributed by atoms with Crippen LogP contribution in [-0.4, -0.2) is 132 Å². The number of rotatable bonds is 39. The minimum atomic E-state index is -0.140. The van der Waals surface area contributed by atoms with E-state index < -0.39 is 0 Å². The van der Waals surface area contributed by atoms with E-state index in [1.165, 1.54) is 44.9 Å². The smallest absolute Gasteiger partial charge is 0.305 e. The molecule has 0 heterocycles. The van der Waals surface area contributed by atoms with Crippen LogP contribution in [0, 0.1) is 0 Å². The molecule has 0 unspecified atom stereocenters. The van der Waals surface area contributed by atoms with Crippen LogP contribution in [0.5, 0.6) is 0 Å². The third kappa shape index (κ3) is 39.1. The Morgan fingerprint density at radius 3 is 0.955 bits per heavy atom. The normalized spacial score (nSPS) is 11.4. The third-order valence-corrected chi connectivity index (χ3v) is 6.34. The fourth-order valence-corrected chi connectivity index (χ4v) is 3.83. The van der Waals surface area contributed by atoms with Crippen molar-refractivity contribution in [2.24, 2.45) is 0 Å². The summed E-state index contributed by atoms with van der Waals surface area (Å²) in [5, 5.41) is 0. The van der Waals surface area contributed by atoms with Crippen molar-refractivity contribution in [1.29, 1.82) is 0 Å². The number of carbonyl (C=O) groups is 1. The lowest BCUT2D eigenvalue weighted by Gasteiger charge is -2.09. The number of unbranched alkanes of at least 4 members (excludes halogenated alkanes) is 8. The number of esters is 1. The van der Waals surface area contributed by atoms with E-state index in [0.717, 1.165) is 25.9 Å². The Labute approximate surface area is 268 Å². The molecular formula is C33H66O11. The van der Waals surface area contributed by atoms with Gasteiger partial charge in [0.2, 0.25) is 0 Å². The first-order chi connectivity index (χ1) is 21.8. The van der Waals surface area contributed by atoms with E-state index in [1.54, 1.807) is 0 Å². The van der Waals surface area contributed by atoms with E-state index in [2.05, 4.69) is 13.8 Å². The molecule has 264 valence electrons. The first kappa shape index (κ1) is 43.1. The lowest BCUT2D eigenvalue weighted by atomic mass is 10.1. The molecule has 0 aliphatic rings. The number of hydrogen-bond acceptors (Lipinski definition) is 11. The molecule has 0 aromatic heterocycles. The SMILES string of the molecule is CCCCCCCCC(=O)OCCOCCOCCOCCOCCOCCOCCOCCOCCOCCCCCC. The first-order valence-corrected chi connectivity index (χ1v) is 17.2. The number of ether oxygens (including phenoxy) is 10. The second-order valence-corrected chi connectivity index (χ2v) is 10.3. The molecule has 0 radical (unpaired) electrons. The van der Waals surface area contributed by atoms with Crippen molar-refractivity contribution in [1.82, 2.24) is 0 Å². The molecule has 0 aromatic carbocycles. The van der Waals surface area contributed by atoms with Crippen LogP contribution in [0.2, 0.25) is 0 Å². The molecule has 11 nitrogen and oxygen atoms in total. The van der Waals surface area contributed by atoms with Crippen molar-refractivity contribution in [3.8, 4) is 0 Å². The van der Waals surface area contributed by atoms with Crippen molar-refractivity contribution in [3.05, 3.63) is 0 Å². The fourth-order valence-electron chi connectivity index (χ4n) is 3.83. The maximum absolute atomic E-state index is 11.7. The molecule has 0 atom stereocenters. The van der Waals surface area contributed by atoms with Gasteiger partial charge in [-0.05, 0) is 12.8 Å². The molecule has 0 aliphatic carbocycles. The predicted octanol–water partition coefficient (Wildman–Crippen LogP) is 5.01. The van der Waals surface area contributed by atoms with Gasteiger partial charge in [-0.25, -0.2) is 0 Å². The predicted molar refractivity (Wildman–Crippen MR) is 170 cm³/mol. The van der Waals surface area contributed by atoms with Crippen LogP contribution in [0.1, 0.15) is 84.5 Å². The molecule has 11 heteroatoms. The Morgan fingerprint density at radius 1 is 0.318 bits per heavy atom. The Hall–Kier alpha value is -0.890. The van der Waals surface area contributed by atoms with Gasteiger partial charge in [-0.3, -0.25) is 4.79 Å². The Morgan fingerprint density at radius 2 is 0.591 bits per heavy atom. The first-order valence-electron chi connectivity index (χ1n) is 17.2. The molecule has 0 saturated heterocycles. The fraction of sp³-hybridized carbons (Fsp3) is 0.970. The summed E-state index contributed by atoms with van der Waals surface area (Å²) in [5.74, 6) is -0.140. The second kappa shape index (κ2) is 40.1. The molecule has 0 rings (SSSR count). The zero-order valence-corrected chi connectivity index (χ0v) is 28.2. The van der Waals surface area contributed by atoms with E-state index in [-0.39, 0.29) is 5.97 Å². The van der Waals surface area contributed by atoms with Crippen molar-refractivity contribution in [2.75, 3.05) is 126 Å². The average molecular weight is 639 g/mol. The van der Waals surface area contributed by atoms with E-state index in [9.17, 15) is 4.79 Å². The van der Waals surface area contributed by atoms with E-state index in [0.29, 0.717) is 125 Å². The Bertz CT molecular complexity index is 540. The zero-order chi connectivity index (χ0) is 31.9. The Kier molecular flexibility index (Phi) is 39.3. The van der Waals surface area contributed by atoms with Gasteiger partial charge in [-0.15, -0.1) is 0 Å². The molecule has 0 aliphatic heterocycles. The van der Waals surface area contributed by atoms with Gasteiger partial charge in [0, 0.05) is 13.0 Å². The molecule has 0 saturated carbocycles. The van der Waals surface area contributed by atoms with Crippen LogP contribution >= 0.6 is 0 Å². The van der Waals surface area contributed by atoms with Crippen molar-refractivity contribution >= 4 is 5.97 Å². The lowest BCUT2D eigenvalue weighted by Crippen LogP contribution is -2.15. The molecule has 44 heavy (non-hydrogen) atoms. The van der Waals surface area contributed by atoms with Gasteiger partial charge in [-0.1, -0.05) is 65.2 Å². The number of hydrogen-bond donors (Lipinski definition) is 0. The quantitative estimate of drug-likeness (QED) is 0.0670. The highest BCUT2D eigenvalue weighted by Crippen LogP contribution is 2.07. The molecule has 0 spiro atoms. The minimum Gasteiger partial charge on any atom is -0.463 e. The summed E-state index contributed by atoms with van der Waals surface area (Å²) in [6.45, 7) is 14.4. The average Bonchev–Trinajstić information content (AvgIpc) is 3.03. The zero-order valence-electron chi connectivity index (χ0n) is 28.2. The maximum atomic E-state index is 11.7. The summed E-state index contributed by atoms with van der Waals surface area (Å²) >= 11 is 0. The van der Waals surface area contributed by atoms with Crippen molar-refractivity contribution in [2.45, 2.75) is 84.5 Å². The molecule has 0 bridgehead atoms. The van der Waals surface area contributed by atoms with E-state index in [1.807, 2.05) is 0 Å². The number of carbonyl (C=O) groups excluding carboxylic acids is 1. The lowest BCUT2D eigenvalue weighted by molar-refractivity contribution is -0.145. The summed E-state index contributed by atoms with van der Waals surface area (Å²) in [4.78, 5) is 11.7. The topological polar surface area (TPSA) is 109 Å². The van der Waals surface area contributed by atoms with Gasteiger partial charge in [0.15, 0.2) is 0 Å². The van der Waals surface area contributed by atoms with Gasteiger partial charge in [0.1, 0.15) is 6.61 Å². The maximum Gasteiger partial charge on any atom is 0.305 e. The third-order valence-electron chi connectivity index (χ3n) is 6.34. The summed E-state index contributed by atoms with van der Waals surface area (Å²) in [6, 6.07) is 0. The van der Waals surface area contributed by atoms with Gasteiger partial charge >= 0.3 is 5.97 Å². The highest BCUT2D eigenvalue weighted by Gasteiger charge is 2.02. The van der Waals surface area contributed by atoms with Crippen molar-refractivity contribution in [3.63, 3.8) is 0 Å². The second-order valence-electron chi connectivity index (χ2n) is 10.3. The van der Waals surface area contributed by atoms with Gasteiger partial charge in [0.05, 0.1) is 112 Å². The monoisotopic (exact) mass is 638 g/mol. The van der Waals surface area contributed by atoms with E-state index in [4.69, 9.17) is 47.4 Å². The van der Waals surface area contributed by atoms with Crippen LogP contribution in [0.4, 0.5) is 0 Å². The standard InChI is InChI=1S/C33H66O11/c1-3-5-7-9-10-11-13-33(34)44-32-31-43-30-29-42-28-27-41-26-25-40-24-23-39-22-21-38-20-19-37-18-17-36-16-15-35-14-12-8-6-4-2/h3-32H2,1-2H3. The van der Waals surface area contributed by atoms with Crippen LogP contribution in [0.25, 0.3) is 0 Å². The van der Waals surface area contributed by atoms with Crippen LogP contribution < -0.4 is 0 Å². The van der Waals surface area contributed by atoms with E-state index >= 15 is 0 Å². The summed E-state index contributed by atoms with van der Waals surface area (Å²) in [6.07, 6.45) is 12.3. The molecule has 0 N–H and O–H groups in total. The Balaban J connectivity index is 3.09. The highest BCUT2D eigenvalue weighted by molar-refractivity contribution is 5.69. The molecule has 0 amide bonds. The van der Waals surface area contributed by atoms with Crippen LogP contribution in [0.3, 0.4) is 0 Å². The summed E-state index contributed by atoms with van der Waals surface area (Å²) in [7, 11) is 0. The van der Waals surface area contributed by atoms with Crippen LogP contribution in [-0.2, 0) is 52.2 Å².